The Morgan fingerprint density at radius 2 is 1.95 bits per heavy atom. The number of rotatable bonds is 4. The molecule has 1 aliphatic heterocycles. The van der Waals surface area contributed by atoms with E-state index >= 15 is 0 Å². The minimum absolute atomic E-state index is 0.0831. The first kappa shape index (κ1) is 13.2. The first-order valence-corrected chi connectivity index (χ1v) is 6.26. The smallest absolute Gasteiger partial charge is 0.343 e. The molecule has 1 N–H and O–H groups in total. The number of carbonyl (C=O) groups is 3. The van der Waals surface area contributed by atoms with Crippen LogP contribution in [0.3, 0.4) is 0 Å². The van der Waals surface area contributed by atoms with Crippen LogP contribution < -0.4 is 0 Å². The Kier molecular flexibility index (Phi) is 2.75. The summed E-state index contributed by atoms with van der Waals surface area (Å²) < 4.78 is 0. The van der Waals surface area contributed by atoms with Crippen LogP contribution in [0.15, 0.2) is 18.2 Å². The molecule has 0 aromatic heterocycles. The third-order valence-corrected chi connectivity index (χ3v) is 3.82. The fourth-order valence-electron chi connectivity index (χ4n) is 2.69. The third-order valence-electron chi connectivity index (χ3n) is 3.82. The fraction of sp³-hybridized carbons (Fsp3) is 0.308. The molecular weight excluding hydrogens is 280 g/mol. The standard InChI is InChI=1S/C13H10N2O6/c16-11-7-4-8(7)12(17)14(11)5-6-2-1-3-9(15(20)21)10(6)13(18)19/h1-3,7-8H,4-5H2,(H,18,19). The summed E-state index contributed by atoms with van der Waals surface area (Å²) in [5.41, 5.74) is -0.951. The summed E-state index contributed by atoms with van der Waals surface area (Å²) in [6.07, 6.45) is 0.550. The normalized spacial score (nSPS) is 23.1. The number of nitro benzene ring substituents is 1. The van der Waals surface area contributed by atoms with E-state index in [0.29, 0.717) is 6.42 Å². The molecule has 2 fully saturated rings. The second-order valence-electron chi connectivity index (χ2n) is 5.08. The molecule has 2 amide bonds. The minimum Gasteiger partial charge on any atom is -0.477 e. The highest BCUT2D eigenvalue weighted by Crippen LogP contribution is 2.47. The maximum absolute atomic E-state index is 11.9. The molecule has 2 atom stereocenters. The number of nitrogens with zero attached hydrogens (tertiary/aromatic N) is 2. The van der Waals surface area contributed by atoms with Gasteiger partial charge in [0.25, 0.3) is 5.69 Å². The number of aromatic carboxylic acids is 1. The second kappa shape index (κ2) is 4.37. The Morgan fingerprint density at radius 3 is 2.48 bits per heavy atom. The number of hydrogen-bond acceptors (Lipinski definition) is 5. The molecule has 1 saturated heterocycles. The molecule has 1 saturated carbocycles. The summed E-state index contributed by atoms with van der Waals surface area (Å²) in [6, 6.07) is 3.80. The van der Waals surface area contributed by atoms with E-state index in [2.05, 4.69) is 0 Å². The number of imide groups is 1. The molecule has 2 aliphatic rings. The topological polar surface area (TPSA) is 118 Å². The Morgan fingerprint density at radius 1 is 1.33 bits per heavy atom. The van der Waals surface area contributed by atoms with Crippen LogP contribution in [0.4, 0.5) is 5.69 Å². The number of likely N-dealkylation sites (tertiary alicyclic amines) is 1. The number of carbonyl (C=O) groups excluding carboxylic acids is 2. The van der Waals surface area contributed by atoms with Gasteiger partial charge in [-0.3, -0.25) is 24.6 Å². The monoisotopic (exact) mass is 290 g/mol. The van der Waals surface area contributed by atoms with E-state index in [1.165, 1.54) is 12.1 Å². The van der Waals surface area contributed by atoms with Crippen molar-refractivity contribution in [2.45, 2.75) is 13.0 Å². The van der Waals surface area contributed by atoms with Gasteiger partial charge in [-0.15, -0.1) is 0 Å². The van der Waals surface area contributed by atoms with Crippen LogP contribution in [-0.4, -0.2) is 32.7 Å². The number of piperidine rings is 1. The molecular formula is C13H10N2O6. The van der Waals surface area contributed by atoms with Crippen molar-refractivity contribution in [2.24, 2.45) is 11.8 Å². The first-order valence-electron chi connectivity index (χ1n) is 6.26. The highest BCUT2D eigenvalue weighted by atomic mass is 16.6. The zero-order chi connectivity index (χ0) is 15.3. The molecule has 1 aromatic rings. The average Bonchev–Trinajstić information content (AvgIpc) is 3.18. The zero-order valence-corrected chi connectivity index (χ0v) is 10.7. The summed E-state index contributed by atoms with van der Waals surface area (Å²) in [4.78, 5) is 46.1. The molecule has 1 aromatic carbocycles. The van der Waals surface area contributed by atoms with Crippen molar-refractivity contribution in [3.63, 3.8) is 0 Å². The van der Waals surface area contributed by atoms with Crippen molar-refractivity contribution in [1.82, 2.24) is 4.90 Å². The van der Waals surface area contributed by atoms with E-state index in [1.807, 2.05) is 0 Å². The van der Waals surface area contributed by atoms with Gasteiger partial charge < -0.3 is 5.11 Å². The molecule has 2 unspecified atom stereocenters. The van der Waals surface area contributed by atoms with E-state index in [4.69, 9.17) is 5.11 Å². The summed E-state index contributed by atoms with van der Waals surface area (Å²) >= 11 is 0. The summed E-state index contributed by atoms with van der Waals surface area (Å²) in [7, 11) is 0. The Labute approximate surface area is 118 Å². The quantitative estimate of drug-likeness (QED) is 0.497. The van der Waals surface area contributed by atoms with E-state index < -0.39 is 22.1 Å². The molecule has 108 valence electrons. The van der Waals surface area contributed by atoms with E-state index in [9.17, 15) is 24.5 Å². The molecule has 8 nitrogen and oxygen atoms in total. The number of carboxylic acid groups (broad SMARTS) is 1. The Balaban J connectivity index is 1.97. The van der Waals surface area contributed by atoms with Crippen molar-refractivity contribution >= 4 is 23.5 Å². The lowest BCUT2D eigenvalue weighted by Gasteiger charge is -2.17. The van der Waals surface area contributed by atoms with Crippen molar-refractivity contribution in [3.8, 4) is 0 Å². The highest BCUT2D eigenvalue weighted by Gasteiger charge is 2.58. The molecule has 8 heteroatoms. The summed E-state index contributed by atoms with van der Waals surface area (Å²) in [6.45, 7) is -0.242. The lowest BCUT2D eigenvalue weighted by molar-refractivity contribution is -0.385. The Hall–Kier alpha value is -2.77. The van der Waals surface area contributed by atoms with Crippen molar-refractivity contribution < 1.29 is 24.4 Å². The van der Waals surface area contributed by atoms with Crippen LogP contribution >= 0.6 is 0 Å². The molecule has 1 heterocycles. The van der Waals surface area contributed by atoms with E-state index in [0.717, 1.165) is 11.0 Å². The van der Waals surface area contributed by atoms with Crippen LogP contribution in [0.5, 0.6) is 0 Å². The molecule has 3 rings (SSSR count). The van der Waals surface area contributed by atoms with Crippen LogP contribution in [0.25, 0.3) is 0 Å². The summed E-state index contributed by atoms with van der Waals surface area (Å²) in [5, 5.41) is 20.1. The SMILES string of the molecule is O=C(O)c1c(CN2C(=O)C3CC3C2=O)cccc1[N+](=O)[O-]. The Bertz CT molecular complexity index is 678. The van der Waals surface area contributed by atoms with Gasteiger partial charge in [-0.2, -0.15) is 0 Å². The van der Waals surface area contributed by atoms with Gasteiger partial charge in [0.05, 0.1) is 23.3 Å². The lowest BCUT2D eigenvalue weighted by atomic mass is 10.0. The van der Waals surface area contributed by atoms with E-state index in [-0.39, 0.29) is 35.8 Å². The van der Waals surface area contributed by atoms with Crippen molar-refractivity contribution in [2.75, 3.05) is 0 Å². The highest BCUT2D eigenvalue weighted by molar-refractivity contribution is 6.09. The van der Waals surface area contributed by atoms with Crippen molar-refractivity contribution in [3.05, 3.63) is 39.4 Å². The van der Waals surface area contributed by atoms with Gasteiger partial charge in [-0.25, -0.2) is 4.79 Å². The van der Waals surface area contributed by atoms with Gasteiger partial charge in [0.15, 0.2) is 0 Å². The van der Waals surface area contributed by atoms with Crippen LogP contribution in [0.2, 0.25) is 0 Å². The number of amides is 2. The predicted octanol–water partition coefficient (Wildman–Crippen LogP) is 0.798. The van der Waals surface area contributed by atoms with Gasteiger partial charge in [0, 0.05) is 6.07 Å². The van der Waals surface area contributed by atoms with Gasteiger partial charge in [-0.05, 0) is 12.0 Å². The molecule has 21 heavy (non-hydrogen) atoms. The average molecular weight is 290 g/mol. The zero-order valence-electron chi connectivity index (χ0n) is 10.7. The van der Waals surface area contributed by atoms with Crippen LogP contribution in [-0.2, 0) is 16.1 Å². The number of fused-ring (bicyclic) bond motifs is 1. The van der Waals surface area contributed by atoms with Crippen LogP contribution in [0.1, 0.15) is 22.3 Å². The predicted molar refractivity (Wildman–Crippen MR) is 67.2 cm³/mol. The number of nitro groups is 1. The van der Waals surface area contributed by atoms with Crippen molar-refractivity contribution in [1.29, 1.82) is 0 Å². The molecule has 0 bridgehead atoms. The summed E-state index contributed by atoms with van der Waals surface area (Å²) in [5.74, 6) is -2.68. The van der Waals surface area contributed by atoms with Crippen LogP contribution in [0, 0.1) is 22.0 Å². The fourth-order valence-corrected chi connectivity index (χ4v) is 2.69. The van der Waals surface area contributed by atoms with Gasteiger partial charge >= 0.3 is 5.97 Å². The molecule has 1 aliphatic carbocycles. The maximum Gasteiger partial charge on any atom is 0.343 e. The molecule has 0 radical (unpaired) electrons. The number of carboxylic acids is 1. The van der Waals surface area contributed by atoms with Gasteiger partial charge in [0.1, 0.15) is 5.56 Å². The lowest BCUT2D eigenvalue weighted by Crippen LogP contribution is -2.33. The molecule has 0 spiro atoms. The third kappa shape index (κ3) is 1.95. The largest absolute Gasteiger partial charge is 0.477 e. The maximum atomic E-state index is 11.9. The van der Waals surface area contributed by atoms with Gasteiger partial charge in [-0.1, -0.05) is 12.1 Å². The number of benzene rings is 1. The van der Waals surface area contributed by atoms with E-state index in [1.54, 1.807) is 0 Å². The number of hydrogen-bond donors (Lipinski definition) is 1. The minimum atomic E-state index is -1.46. The first-order chi connectivity index (χ1) is 9.91. The van der Waals surface area contributed by atoms with Gasteiger partial charge in [0.2, 0.25) is 11.8 Å². The second-order valence-corrected chi connectivity index (χ2v) is 5.08.